The first-order valence-corrected chi connectivity index (χ1v) is 10.5. The molecule has 2 aromatic carbocycles. The van der Waals surface area contributed by atoms with Gasteiger partial charge in [-0.3, -0.25) is 0 Å². The molecule has 0 spiro atoms. The van der Waals surface area contributed by atoms with Crippen molar-refractivity contribution < 1.29 is 4.74 Å². The fourth-order valence-electron chi connectivity index (χ4n) is 3.16. The lowest BCUT2D eigenvalue weighted by Crippen LogP contribution is -2.20. The number of nitrogens with one attached hydrogen (secondary N) is 1. The molecule has 0 radical (unpaired) electrons. The van der Waals surface area contributed by atoms with Crippen molar-refractivity contribution in [3.8, 4) is 5.75 Å². The zero-order valence-electron chi connectivity index (χ0n) is 14.2. The van der Waals surface area contributed by atoms with Gasteiger partial charge in [-0.2, -0.15) is 0 Å². The van der Waals surface area contributed by atoms with Crippen molar-refractivity contribution in [1.82, 2.24) is 4.98 Å². The van der Waals surface area contributed by atoms with E-state index in [-0.39, 0.29) is 4.08 Å². The van der Waals surface area contributed by atoms with E-state index in [9.17, 15) is 0 Å². The molecule has 0 atom stereocenters. The van der Waals surface area contributed by atoms with E-state index in [1.165, 1.54) is 40.0 Å². The number of para-hydroxylation sites is 1. The van der Waals surface area contributed by atoms with E-state index in [4.69, 9.17) is 4.74 Å². The number of H-pyrrole nitrogens is 1. The molecular formula is C21H21NOS2. The summed E-state index contributed by atoms with van der Waals surface area (Å²) < 4.78 is 5.30. The lowest BCUT2D eigenvalue weighted by atomic mass is 10.1. The van der Waals surface area contributed by atoms with E-state index in [2.05, 4.69) is 71.9 Å². The Kier molecular flexibility index (Phi) is 4.82. The van der Waals surface area contributed by atoms with Gasteiger partial charge in [0.15, 0.2) is 0 Å². The van der Waals surface area contributed by atoms with Gasteiger partial charge in [-0.05, 0) is 47.3 Å². The van der Waals surface area contributed by atoms with Crippen molar-refractivity contribution in [2.75, 3.05) is 18.6 Å². The van der Waals surface area contributed by atoms with Crippen molar-refractivity contribution >= 4 is 40.5 Å². The molecule has 4 rings (SSSR count). The standard InChI is InChI=1S/C21H21NOS2/c1-23-18-9-7-17(8-10-18)21(24-13-4-14-25-21)12-11-16-15-22-20-6-3-2-5-19(16)20/h2-3,5-12,15,22H,4,13-14H2,1H3/b12-11+. The van der Waals surface area contributed by atoms with Gasteiger partial charge in [0.25, 0.3) is 0 Å². The van der Waals surface area contributed by atoms with Crippen LogP contribution in [0.1, 0.15) is 17.5 Å². The van der Waals surface area contributed by atoms with Gasteiger partial charge in [-0.15, -0.1) is 23.5 Å². The SMILES string of the molecule is COc1ccc(C2(/C=C/c3c[nH]c4ccccc34)SCCCS2)cc1. The largest absolute Gasteiger partial charge is 0.497 e. The fraction of sp³-hybridized carbons (Fsp3) is 0.238. The van der Waals surface area contributed by atoms with Gasteiger partial charge in [0, 0.05) is 17.1 Å². The highest BCUT2D eigenvalue weighted by molar-refractivity contribution is 8.18. The maximum Gasteiger partial charge on any atom is 0.118 e. The van der Waals surface area contributed by atoms with E-state index in [1.807, 2.05) is 23.5 Å². The van der Waals surface area contributed by atoms with Gasteiger partial charge >= 0.3 is 0 Å². The Hall–Kier alpha value is -1.78. The number of aromatic nitrogens is 1. The number of aromatic amines is 1. The summed E-state index contributed by atoms with van der Waals surface area (Å²) >= 11 is 4.06. The molecule has 2 nitrogen and oxygen atoms in total. The predicted molar refractivity (Wildman–Crippen MR) is 112 cm³/mol. The topological polar surface area (TPSA) is 25.0 Å². The molecule has 25 heavy (non-hydrogen) atoms. The van der Waals surface area contributed by atoms with Crippen LogP contribution in [0.2, 0.25) is 0 Å². The second-order valence-electron chi connectivity index (χ2n) is 6.07. The monoisotopic (exact) mass is 367 g/mol. The second-order valence-corrected chi connectivity index (χ2v) is 9.01. The normalized spacial score (nSPS) is 17.2. The molecular weight excluding hydrogens is 346 g/mol. The molecule has 1 N–H and O–H groups in total. The zero-order valence-corrected chi connectivity index (χ0v) is 15.8. The van der Waals surface area contributed by atoms with Crippen LogP contribution < -0.4 is 4.74 Å². The van der Waals surface area contributed by atoms with E-state index in [1.54, 1.807) is 7.11 Å². The van der Waals surface area contributed by atoms with Crippen LogP contribution in [0.4, 0.5) is 0 Å². The molecule has 0 unspecified atom stereocenters. The summed E-state index contributed by atoms with van der Waals surface area (Å²) in [5, 5.41) is 1.27. The van der Waals surface area contributed by atoms with Gasteiger partial charge < -0.3 is 9.72 Å². The molecule has 1 fully saturated rings. The Morgan fingerprint density at radius 3 is 2.56 bits per heavy atom. The molecule has 0 aliphatic carbocycles. The fourth-order valence-corrected chi connectivity index (χ4v) is 6.30. The van der Waals surface area contributed by atoms with Crippen LogP contribution in [0.25, 0.3) is 17.0 Å². The Bertz CT molecular complexity index is 876. The Balaban J connectivity index is 1.71. The Morgan fingerprint density at radius 2 is 1.80 bits per heavy atom. The van der Waals surface area contributed by atoms with E-state index >= 15 is 0 Å². The van der Waals surface area contributed by atoms with Crippen molar-refractivity contribution in [3.05, 3.63) is 71.9 Å². The van der Waals surface area contributed by atoms with E-state index < -0.39 is 0 Å². The average molecular weight is 368 g/mol. The Morgan fingerprint density at radius 1 is 1.04 bits per heavy atom. The lowest BCUT2D eigenvalue weighted by molar-refractivity contribution is 0.414. The molecule has 4 heteroatoms. The third-order valence-electron chi connectivity index (χ3n) is 4.52. The molecule has 1 aliphatic rings. The number of hydrogen-bond acceptors (Lipinski definition) is 3. The summed E-state index contributed by atoms with van der Waals surface area (Å²) in [5.41, 5.74) is 3.76. The molecule has 1 aliphatic heterocycles. The summed E-state index contributed by atoms with van der Waals surface area (Å²) in [6.07, 6.45) is 8.02. The number of thioether (sulfide) groups is 2. The van der Waals surface area contributed by atoms with Gasteiger partial charge in [0.1, 0.15) is 9.83 Å². The molecule has 1 saturated heterocycles. The maximum atomic E-state index is 5.32. The average Bonchev–Trinajstić information content (AvgIpc) is 3.10. The number of benzene rings is 2. The van der Waals surface area contributed by atoms with Gasteiger partial charge in [0.05, 0.1) is 7.11 Å². The van der Waals surface area contributed by atoms with Gasteiger partial charge in [-0.25, -0.2) is 0 Å². The van der Waals surface area contributed by atoms with Crippen LogP contribution in [0, 0.1) is 0 Å². The third kappa shape index (κ3) is 3.33. The number of fused-ring (bicyclic) bond motifs is 1. The first-order chi connectivity index (χ1) is 12.3. The minimum atomic E-state index is -0.0249. The third-order valence-corrected chi connectivity index (χ3v) is 7.81. The van der Waals surface area contributed by atoms with Crippen molar-refractivity contribution in [1.29, 1.82) is 0 Å². The highest BCUT2D eigenvalue weighted by Crippen LogP contribution is 2.52. The van der Waals surface area contributed by atoms with Crippen molar-refractivity contribution in [3.63, 3.8) is 0 Å². The highest BCUT2D eigenvalue weighted by atomic mass is 32.2. The summed E-state index contributed by atoms with van der Waals surface area (Å²) in [6, 6.07) is 17.0. The van der Waals surface area contributed by atoms with Crippen LogP contribution in [-0.2, 0) is 4.08 Å². The van der Waals surface area contributed by atoms with Gasteiger partial charge in [-0.1, -0.05) is 42.5 Å². The van der Waals surface area contributed by atoms with E-state index in [0.717, 1.165) is 5.75 Å². The first kappa shape index (κ1) is 16.7. The molecule has 0 bridgehead atoms. The summed E-state index contributed by atoms with van der Waals surface area (Å²) in [7, 11) is 1.71. The number of ether oxygens (including phenoxy) is 1. The molecule has 0 amide bonds. The van der Waals surface area contributed by atoms with Crippen LogP contribution >= 0.6 is 23.5 Å². The minimum Gasteiger partial charge on any atom is -0.497 e. The quantitative estimate of drug-likeness (QED) is 0.620. The smallest absolute Gasteiger partial charge is 0.118 e. The predicted octanol–water partition coefficient (Wildman–Crippen LogP) is 5.91. The molecule has 1 aromatic heterocycles. The molecule has 0 saturated carbocycles. The molecule has 3 aromatic rings. The first-order valence-electron chi connectivity index (χ1n) is 8.48. The molecule has 128 valence electrons. The Labute approximate surface area is 157 Å². The van der Waals surface area contributed by atoms with Crippen molar-refractivity contribution in [2.45, 2.75) is 10.5 Å². The van der Waals surface area contributed by atoms with Crippen LogP contribution in [0.5, 0.6) is 5.75 Å². The lowest BCUT2D eigenvalue weighted by Gasteiger charge is -2.34. The highest BCUT2D eigenvalue weighted by Gasteiger charge is 2.33. The van der Waals surface area contributed by atoms with Crippen molar-refractivity contribution in [2.24, 2.45) is 0 Å². The van der Waals surface area contributed by atoms with E-state index in [0.29, 0.717) is 0 Å². The van der Waals surface area contributed by atoms with Crippen LogP contribution in [0.3, 0.4) is 0 Å². The van der Waals surface area contributed by atoms with Crippen LogP contribution in [-0.4, -0.2) is 23.6 Å². The number of hydrogen-bond donors (Lipinski definition) is 1. The van der Waals surface area contributed by atoms with Crippen LogP contribution in [0.15, 0.2) is 60.8 Å². The maximum absolute atomic E-state index is 5.32. The van der Waals surface area contributed by atoms with Gasteiger partial charge in [0.2, 0.25) is 0 Å². The summed E-state index contributed by atoms with van der Waals surface area (Å²) in [6.45, 7) is 0. The second kappa shape index (κ2) is 7.22. The number of rotatable bonds is 4. The number of methoxy groups -OCH3 is 1. The molecule has 2 heterocycles. The minimum absolute atomic E-state index is 0.0249. The summed E-state index contributed by atoms with van der Waals surface area (Å²) in [4.78, 5) is 3.36. The zero-order chi connectivity index (χ0) is 17.1. The summed E-state index contributed by atoms with van der Waals surface area (Å²) in [5.74, 6) is 3.29.